The van der Waals surface area contributed by atoms with Gasteiger partial charge < -0.3 is 14.1 Å². The van der Waals surface area contributed by atoms with E-state index in [0.717, 1.165) is 10.9 Å². The summed E-state index contributed by atoms with van der Waals surface area (Å²) >= 11 is 0. The van der Waals surface area contributed by atoms with Crippen LogP contribution in [0.4, 0.5) is 0 Å². The number of nitrogens with one attached hydrogen (secondary N) is 1. The first kappa shape index (κ1) is 18.5. The second-order valence-corrected chi connectivity index (χ2v) is 8.40. The Morgan fingerprint density at radius 3 is 2.68 bits per heavy atom. The molecule has 2 heterocycles. The smallest absolute Gasteiger partial charge is 0.408 e. The Labute approximate surface area is 160 Å². The van der Waals surface area contributed by atoms with E-state index in [1.807, 2.05) is 35.9 Å². The molecule has 0 spiro atoms. The van der Waals surface area contributed by atoms with E-state index in [1.54, 1.807) is 6.20 Å². The maximum absolute atomic E-state index is 12.7. The van der Waals surface area contributed by atoms with Gasteiger partial charge in [-0.3, -0.25) is 4.57 Å². The molecule has 8 nitrogen and oxygen atoms in total. The lowest BCUT2D eigenvalue weighted by atomic mass is 10.1. The minimum atomic E-state index is -3.88. The van der Waals surface area contributed by atoms with Crippen molar-refractivity contribution >= 4 is 32.0 Å². The monoisotopic (exact) mass is 401 g/mol. The standard InChI is InChI=1S/C19H19N3O5S/c1-21-11-14(13-5-3-4-6-15(13)21)17(23)10-20-28(25,26)12-7-8-18-16(9-12)22(2)19(24)27-18/h3-9,11,17,20,23H,10H2,1-2H3/t17-/m0/s1. The highest BCUT2D eigenvalue weighted by Gasteiger charge is 2.20. The fourth-order valence-electron chi connectivity index (χ4n) is 3.29. The second-order valence-electron chi connectivity index (χ2n) is 6.64. The zero-order chi connectivity index (χ0) is 20.1. The molecule has 2 N–H and O–H groups in total. The van der Waals surface area contributed by atoms with Gasteiger partial charge >= 0.3 is 5.76 Å². The quantitative estimate of drug-likeness (QED) is 0.529. The maximum atomic E-state index is 12.7. The van der Waals surface area contributed by atoms with E-state index >= 15 is 0 Å². The zero-order valence-corrected chi connectivity index (χ0v) is 16.1. The molecule has 0 amide bonds. The van der Waals surface area contributed by atoms with Crippen LogP contribution in [0.25, 0.3) is 22.0 Å². The van der Waals surface area contributed by atoms with Crippen molar-refractivity contribution in [3.05, 3.63) is 64.8 Å². The number of aromatic nitrogens is 2. The van der Waals surface area contributed by atoms with Crippen LogP contribution in [0.5, 0.6) is 0 Å². The predicted octanol–water partition coefficient (Wildman–Crippen LogP) is 1.64. The molecule has 28 heavy (non-hydrogen) atoms. The Morgan fingerprint density at radius 1 is 1.14 bits per heavy atom. The molecular weight excluding hydrogens is 382 g/mol. The number of para-hydroxylation sites is 1. The lowest BCUT2D eigenvalue weighted by molar-refractivity contribution is 0.183. The summed E-state index contributed by atoms with van der Waals surface area (Å²) in [5.74, 6) is -0.566. The molecule has 0 aliphatic rings. The van der Waals surface area contributed by atoms with Crippen molar-refractivity contribution in [1.29, 1.82) is 0 Å². The molecule has 0 saturated carbocycles. The highest BCUT2D eigenvalue weighted by molar-refractivity contribution is 7.89. The fourth-order valence-corrected chi connectivity index (χ4v) is 4.35. The van der Waals surface area contributed by atoms with Crippen LogP contribution in [-0.4, -0.2) is 29.2 Å². The van der Waals surface area contributed by atoms with Gasteiger partial charge in [-0.1, -0.05) is 18.2 Å². The number of hydrogen-bond acceptors (Lipinski definition) is 5. The molecule has 1 atom stereocenters. The normalized spacial score (nSPS) is 13.4. The summed E-state index contributed by atoms with van der Waals surface area (Å²) in [6.45, 7) is -0.182. The SMILES string of the molecule is Cn1cc([C@@H](O)CNS(=O)(=O)c2ccc3oc(=O)n(C)c3c2)c2ccccc21. The van der Waals surface area contributed by atoms with Crippen LogP contribution in [-0.2, 0) is 24.1 Å². The summed E-state index contributed by atoms with van der Waals surface area (Å²) in [6.07, 6.45) is 0.777. The predicted molar refractivity (Wildman–Crippen MR) is 105 cm³/mol. The minimum Gasteiger partial charge on any atom is -0.408 e. The largest absolute Gasteiger partial charge is 0.419 e. The Balaban J connectivity index is 1.59. The van der Waals surface area contributed by atoms with E-state index in [4.69, 9.17) is 4.42 Å². The molecule has 2 aromatic heterocycles. The number of aliphatic hydroxyl groups excluding tert-OH is 1. The molecular formula is C19H19N3O5S. The molecule has 146 valence electrons. The first-order chi connectivity index (χ1) is 13.3. The van der Waals surface area contributed by atoms with Crippen molar-refractivity contribution in [2.24, 2.45) is 14.1 Å². The highest BCUT2D eigenvalue weighted by Crippen LogP contribution is 2.26. The fraction of sp³-hybridized carbons (Fsp3) is 0.211. The Bertz CT molecular complexity index is 1350. The van der Waals surface area contributed by atoms with Gasteiger partial charge in [0.05, 0.1) is 16.5 Å². The lowest BCUT2D eigenvalue weighted by Crippen LogP contribution is -2.28. The van der Waals surface area contributed by atoms with Gasteiger partial charge in [-0.2, -0.15) is 0 Å². The van der Waals surface area contributed by atoms with Gasteiger partial charge in [-0.15, -0.1) is 0 Å². The first-order valence-corrected chi connectivity index (χ1v) is 10.1. The molecule has 0 radical (unpaired) electrons. The minimum absolute atomic E-state index is 0.0125. The second kappa shape index (κ2) is 6.62. The summed E-state index contributed by atoms with van der Waals surface area (Å²) in [5.41, 5.74) is 2.28. The van der Waals surface area contributed by atoms with Crippen molar-refractivity contribution in [3.8, 4) is 0 Å². The molecule has 0 bridgehead atoms. The lowest BCUT2D eigenvalue weighted by Gasteiger charge is -2.12. The number of rotatable bonds is 5. The molecule has 0 unspecified atom stereocenters. The maximum Gasteiger partial charge on any atom is 0.419 e. The number of hydrogen-bond donors (Lipinski definition) is 2. The molecule has 4 rings (SSSR count). The van der Waals surface area contributed by atoms with E-state index in [-0.39, 0.29) is 11.4 Å². The third kappa shape index (κ3) is 3.03. The summed E-state index contributed by atoms with van der Waals surface area (Å²) in [5, 5.41) is 11.4. The summed E-state index contributed by atoms with van der Waals surface area (Å²) in [7, 11) is -0.512. The van der Waals surface area contributed by atoms with Crippen LogP contribution in [0.3, 0.4) is 0 Å². The van der Waals surface area contributed by atoms with E-state index in [0.29, 0.717) is 16.7 Å². The molecule has 0 fully saturated rings. The van der Waals surface area contributed by atoms with Gasteiger partial charge in [0.1, 0.15) is 0 Å². The average Bonchev–Trinajstić information content (AvgIpc) is 3.17. The van der Waals surface area contributed by atoms with E-state index < -0.39 is 21.9 Å². The van der Waals surface area contributed by atoms with Gasteiger partial charge in [-0.05, 0) is 24.3 Å². The van der Waals surface area contributed by atoms with Crippen LogP contribution in [0.1, 0.15) is 11.7 Å². The third-order valence-corrected chi connectivity index (χ3v) is 6.25. The van der Waals surface area contributed by atoms with Crippen molar-refractivity contribution in [1.82, 2.24) is 13.9 Å². The van der Waals surface area contributed by atoms with Crippen molar-refractivity contribution in [2.75, 3.05) is 6.54 Å². The Hall–Kier alpha value is -2.88. The van der Waals surface area contributed by atoms with Crippen molar-refractivity contribution in [2.45, 2.75) is 11.0 Å². The number of benzene rings is 2. The summed E-state index contributed by atoms with van der Waals surface area (Å²) < 4.78 is 35.9. The average molecular weight is 401 g/mol. The number of nitrogens with zero attached hydrogens (tertiary/aromatic N) is 2. The van der Waals surface area contributed by atoms with Gasteiger partial charge in [0.2, 0.25) is 10.0 Å². The zero-order valence-electron chi connectivity index (χ0n) is 15.3. The van der Waals surface area contributed by atoms with Crippen LogP contribution in [0.2, 0.25) is 0 Å². The number of oxazole rings is 1. The van der Waals surface area contributed by atoms with Crippen LogP contribution >= 0.6 is 0 Å². The number of aryl methyl sites for hydroxylation is 2. The molecule has 0 aliphatic heterocycles. The van der Waals surface area contributed by atoms with Gasteiger partial charge in [0.15, 0.2) is 5.58 Å². The Kier molecular flexibility index (Phi) is 4.37. The molecule has 0 aliphatic carbocycles. The van der Waals surface area contributed by atoms with Crippen LogP contribution in [0, 0.1) is 0 Å². The topological polar surface area (TPSA) is 106 Å². The van der Waals surface area contributed by atoms with Gasteiger partial charge in [0.25, 0.3) is 0 Å². The van der Waals surface area contributed by atoms with Crippen LogP contribution < -0.4 is 10.5 Å². The molecule has 0 saturated heterocycles. The van der Waals surface area contributed by atoms with Crippen molar-refractivity contribution in [3.63, 3.8) is 0 Å². The Morgan fingerprint density at radius 2 is 1.89 bits per heavy atom. The molecule has 4 aromatic rings. The molecule has 9 heteroatoms. The summed E-state index contributed by atoms with van der Waals surface area (Å²) in [6, 6.07) is 11.8. The van der Waals surface area contributed by atoms with Gasteiger partial charge in [0, 0.05) is 43.3 Å². The van der Waals surface area contributed by atoms with E-state index in [9.17, 15) is 18.3 Å². The number of aliphatic hydroxyl groups is 1. The molecule has 2 aromatic carbocycles. The highest BCUT2D eigenvalue weighted by atomic mass is 32.2. The summed E-state index contributed by atoms with van der Waals surface area (Å²) in [4.78, 5) is 11.6. The number of fused-ring (bicyclic) bond motifs is 2. The number of sulfonamides is 1. The third-order valence-electron chi connectivity index (χ3n) is 4.83. The van der Waals surface area contributed by atoms with Gasteiger partial charge in [-0.25, -0.2) is 17.9 Å². The van der Waals surface area contributed by atoms with E-state index in [1.165, 1.54) is 29.8 Å². The van der Waals surface area contributed by atoms with Crippen molar-refractivity contribution < 1.29 is 17.9 Å². The van der Waals surface area contributed by atoms with E-state index in [2.05, 4.69) is 4.72 Å². The first-order valence-electron chi connectivity index (χ1n) is 8.59. The van der Waals surface area contributed by atoms with Crippen LogP contribution in [0.15, 0.2) is 62.8 Å².